The van der Waals surface area contributed by atoms with Gasteiger partial charge < -0.3 is 10.1 Å². The molecule has 0 spiro atoms. The molecular weight excluding hydrogens is 398 g/mol. The van der Waals surface area contributed by atoms with Gasteiger partial charge in [-0.05, 0) is 31.4 Å². The fourth-order valence-electron chi connectivity index (χ4n) is 2.70. The highest BCUT2D eigenvalue weighted by atomic mass is 32.2. The number of esters is 1. The van der Waals surface area contributed by atoms with Gasteiger partial charge in [0, 0.05) is 11.4 Å². The van der Waals surface area contributed by atoms with E-state index in [1.165, 1.54) is 6.08 Å². The summed E-state index contributed by atoms with van der Waals surface area (Å²) in [5.41, 5.74) is 1.74. The second-order valence-electron chi connectivity index (χ2n) is 6.74. The Bertz CT molecular complexity index is 858. The lowest BCUT2D eigenvalue weighted by Gasteiger charge is -2.12. The number of carbonyl (C=O) groups is 3. The summed E-state index contributed by atoms with van der Waals surface area (Å²) in [6, 6.07) is 6.62. The highest BCUT2D eigenvalue weighted by molar-refractivity contribution is 7.92. The minimum atomic E-state index is -3.85. The minimum absolute atomic E-state index is 0.0488. The lowest BCUT2D eigenvalue weighted by molar-refractivity contribution is -0.147. The number of aryl methyl sites for hydroxylation is 1. The van der Waals surface area contributed by atoms with Crippen LogP contribution in [0.3, 0.4) is 0 Å². The molecule has 158 valence electrons. The minimum Gasteiger partial charge on any atom is -0.455 e. The first kappa shape index (κ1) is 22.6. The molecule has 29 heavy (non-hydrogen) atoms. The third-order valence-electron chi connectivity index (χ3n) is 4.24. The number of benzene rings is 1. The van der Waals surface area contributed by atoms with E-state index in [0.717, 1.165) is 36.7 Å². The molecule has 3 amide bonds. The molecule has 2 rings (SSSR count). The summed E-state index contributed by atoms with van der Waals surface area (Å²) >= 11 is 0. The SMILES string of the molecule is Cc1ccc(C=CS(=O)(=O)NCC(=O)OCC(=O)NC(=O)NC2CCCC2)cc1. The van der Waals surface area contributed by atoms with E-state index in [2.05, 4.69) is 20.1 Å². The number of nitrogens with one attached hydrogen (secondary N) is 3. The van der Waals surface area contributed by atoms with Crippen LogP contribution in [-0.4, -0.2) is 45.5 Å². The average Bonchev–Trinajstić information content (AvgIpc) is 3.17. The van der Waals surface area contributed by atoms with Gasteiger partial charge in [-0.25, -0.2) is 17.9 Å². The maximum Gasteiger partial charge on any atom is 0.321 e. The van der Waals surface area contributed by atoms with Crippen LogP contribution in [0.5, 0.6) is 0 Å². The summed E-state index contributed by atoms with van der Waals surface area (Å²) in [4.78, 5) is 34.9. The van der Waals surface area contributed by atoms with E-state index in [-0.39, 0.29) is 6.04 Å². The predicted molar refractivity (Wildman–Crippen MR) is 107 cm³/mol. The number of hydrogen-bond donors (Lipinski definition) is 3. The molecule has 0 radical (unpaired) electrons. The molecule has 3 N–H and O–H groups in total. The summed E-state index contributed by atoms with van der Waals surface area (Å²) in [6.07, 6.45) is 5.20. The van der Waals surface area contributed by atoms with Crippen molar-refractivity contribution in [2.45, 2.75) is 38.6 Å². The van der Waals surface area contributed by atoms with Gasteiger partial charge in [-0.2, -0.15) is 0 Å². The highest BCUT2D eigenvalue weighted by Crippen LogP contribution is 2.17. The van der Waals surface area contributed by atoms with Gasteiger partial charge in [-0.1, -0.05) is 42.7 Å². The molecule has 0 aromatic heterocycles. The van der Waals surface area contributed by atoms with Crippen molar-refractivity contribution in [3.63, 3.8) is 0 Å². The molecule has 1 aromatic carbocycles. The number of rotatable bonds is 8. The zero-order valence-corrected chi connectivity index (χ0v) is 17.0. The molecule has 0 heterocycles. The van der Waals surface area contributed by atoms with Crippen molar-refractivity contribution in [1.82, 2.24) is 15.4 Å². The van der Waals surface area contributed by atoms with Gasteiger partial charge in [0.2, 0.25) is 10.0 Å². The largest absolute Gasteiger partial charge is 0.455 e. The Kier molecular flexibility index (Phi) is 8.34. The molecule has 1 saturated carbocycles. The zero-order chi connectivity index (χ0) is 21.3. The maximum absolute atomic E-state index is 11.9. The molecule has 0 bridgehead atoms. The van der Waals surface area contributed by atoms with Crippen molar-refractivity contribution >= 4 is 34.0 Å². The fourth-order valence-corrected chi connectivity index (χ4v) is 3.46. The van der Waals surface area contributed by atoms with Crippen LogP contribution in [0.4, 0.5) is 4.79 Å². The van der Waals surface area contributed by atoms with Gasteiger partial charge in [0.25, 0.3) is 5.91 Å². The first-order chi connectivity index (χ1) is 13.7. The maximum atomic E-state index is 11.9. The quantitative estimate of drug-likeness (QED) is 0.539. The number of ether oxygens (including phenoxy) is 1. The Hall–Kier alpha value is -2.72. The van der Waals surface area contributed by atoms with Crippen LogP contribution in [0.2, 0.25) is 0 Å². The van der Waals surface area contributed by atoms with Crippen LogP contribution < -0.4 is 15.4 Å². The van der Waals surface area contributed by atoms with Gasteiger partial charge in [0.15, 0.2) is 6.61 Å². The molecule has 0 aliphatic heterocycles. The Morgan fingerprint density at radius 3 is 2.45 bits per heavy atom. The van der Waals surface area contributed by atoms with Crippen molar-refractivity contribution in [1.29, 1.82) is 0 Å². The van der Waals surface area contributed by atoms with E-state index < -0.39 is 41.1 Å². The van der Waals surface area contributed by atoms with E-state index in [1.807, 2.05) is 19.1 Å². The summed E-state index contributed by atoms with van der Waals surface area (Å²) < 4.78 is 30.5. The smallest absolute Gasteiger partial charge is 0.321 e. The highest BCUT2D eigenvalue weighted by Gasteiger charge is 2.18. The molecule has 0 unspecified atom stereocenters. The summed E-state index contributed by atoms with van der Waals surface area (Å²) in [7, 11) is -3.85. The third kappa shape index (κ3) is 8.88. The average molecular weight is 423 g/mol. The Balaban J connectivity index is 1.67. The lowest BCUT2D eigenvalue weighted by atomic mass is 10.2. The van der Waals surface area contributed by atoms with Crippen molar-refractivity contribution in [3.05, 3.63) is 40.8 Å². The number of hydrogen-bond acceptors (Lipinski definition) is 6. The topological polar surface area (TPSA) is 131 Å². The van der Waals surface area contributed by atoms with Crippen LogP contribution in [0, 0.1) is 6.92 Å². The van der Waals surface area contributed by atoms with E-state index in [1.54, 1.807) is 12.1 Å². The molecule has 0 saturated heterocycles. The van der Waals surface area contributed by atoms with Gasteiger partial charge in [-0.15, -0.1) is 0 Å². The predicted octanol–water partition coefficient (Wildman–Crippen LogP) is 1.20. The normalized spacial score (nSPS) is 14.7. The lowest BCUT2D eigenvalue weighted by Crippen LogP contribution is -2.45. The van der Waals surface area contributed by atoms with E-state index in [0.29, 0.717) is 5.56 Å². The van der Waals surface area contributed by atoms with E-state index >= 15 is 0 Å². The molecule has 1 aliphatic carbocycles. The number of sulfonamides is 1. The second-order valence-corrected chi connectivity index (χ2v) is 8.39. The molecule has 1 fully saturated rings. The number of amides is 3. The van der Waals surface area contributed by atoms with Crippen LogP contribution in [0.15, 0.2) is 29.7 Å². The molecule has 1 aliphatic rings. The monoisotopic (exact) mass is 423 g/mol. The first-order valence-electron chi connectivity index (χ1n) is 9.24. The summed E-state index contributed by atoms with van der Waals surface area (Å²) in [5.74, 6) is -1.74. The zero-order valence-electron chi connectivity index (χ0n) is 16.1. The number of urea groups is 1. The third-order valence-corrected chi connectivity index (χ3v) is 5.28. The fraction of sp³-hybridized carbons (Fsp3) is 0.421. The van der Waals surface area contributed by atoms with Gasteiger partial charge >= 0.3 is 12.0 Å². The summed E-state index contributed by atoms with van der Waals surface area (Å²) in [5, 5.41) is 5.66. The number of imide groups is 1. The van der Waals surface area contributed by atoms with E-state index in [4.69, 9.17) is 0 Å². The van der Waals surface area contributed by atoms with Gasteiger partial charge in [0.1, 0.15) is 6.54 Å². The van der Waals surface area contributed by atoms with Crippen molar-refractivity contribution in [3.8, 4) is 0 Å². The van der Waals surface area contributed by atoms with Gasteiger partial charge in [-0.3, -0.25) is 14.9 Å². The second kappa shape index (κ2) is 10.7. The Morgan fingerprint density at radius 2 is 1.79 bits per heavy atom. The number of carbonyl (C=O) groups excluding carboxylic acids is 3. The molecular formula is C19H25N3O6S. The standard InChI is InChI=1S/C19H25N3O6S/c1-14-6-8-15(9-7-14)10-11-29(26,27)20-12-18(24)28-13-17(23)22-19(25)21-16-4-2-3-5-16/h6-11,16,20H,2-5,12-13H2,1H3,(H2,21,22,23,25). The van der Waals surface area contributed by atoms with Crippen LogP contribution in [0.25, 0.3) is 6.08 Å². The van der Waals surface area contributed by atoms with Gasteiger partial charge in [0.05, 0.1) is 0 Å². The van der Waals surface area contributed by atoms with E-state index in [9.17, 15) is 22.8 Å². The molecule has 0 atom stereocenters. The Morgan fingerprint density at radius 1 is 1.14 bits per heavy atom. The molecule has 1 aromatic rings. The summed E-state index contributed by atoms with van der Waals surface area (Å²) in [6.45, 7) is 0.597. The van der Waals surface area contributed by atoms with Crippen molar-refractivity contribution in [2.75, 3.05) is 13.2 Å². The van der Waals surface area contributed by atoms with Crippen LogP contribution in [-0.2, 0) is 24.3 Å². The van der Waals surface area contributed by atoms with Crippen molar-refractivity contribution in [2.24, 2.45) is 0 Å². The van der Waals surface area contributed by atoms with Crippen LogP contribution >= 0.6 is 0 Å². The van der Waals surface area contributed by atoms with Crippen LogP contribution in [0.1, 0.15) is 36.8 Å². The Labute approximate surface area is 169 Å². The first-order valence-corrected chi connectivity index (χ1v) is 10.8. The molecule has 9 nitrogen and oxygen atoms in total. The van der Waals surface area contributed by atoms with Crippen molar-refractivity contribution < 1.29 is 27.5 Å². The molecule has 10 heteroatoms.